The molecule has 0 unspecified atom stereocenters. The maximum Gasteiger partial charge on any atom is 0.433 e. The largest absolute Gasteiger partial charge is 0.460 e. The number of hydrazine groups is 1. The predicted molar refractivity (Wildman–Crippen MR) is 141 cm³/mol. The molecule has 0 saturated carbocycles. The summed E-state index contributed by atoms with van der Waals surface area (Å²) in [5.41, 5.74) is 3.41. The summed E-state index contributed by atoms with van der Waals surface area (Å²) in [6, 6.07) is 10.8. The number of aromatic nitrogens is 1. The quantitative estimate of drug-likeness (QED) is 0.0973. The minimum atomic E-state index is -4.58. The lowest BCUT2D eigenvalue weighted by atomic mass is 10.0. The first-order chi connectivity index (χ1) is 20.5. The Bertz CT molecular complexity index is 1640. The van der Waals surface area contributed by atoms with E-state index in [2.05, 4.69) is 21.2 Å². The molecule has 12 nitrogen and oxygen atoms in total. The van der Waals surface area contributed by atoms with Gasteiger partial charge in [-0.1, -0.05) is 12.1 Å². The van der Waals surface area contributed by atoms with Gasteiger partial charge in [0.05, 0.1) is 23.1 Å². The molecule has 0 fully saturated rings. The zero-order valence-corrected chi connectivity index (χ0v) is 22.0. The van der Waals surface area contributed by atoms with Crippen molar-refractivity contribution in [1.82, 2.24) is 15.8 Å². The highest BCUT2D eigenvalue weighted by atomic mass is 19.4. The van der Waals surface area contributed by atoms with Crippen molar-refractivity contribution in [2.75, 3.05) is 19.2 Å². The molecule has 0 atom stereocenters. The number of carbonyl (C=O) groups excluding carboxylic acids is 2. The number of rotatable bonds is 10. The van der Waals surface area contributed by atoms with Crippen LogP contribution in [0.1, 0.15) is 32.2 Å². The number of carbonyl (C=O) groups is 2. The molecule has 0 aliphatic heterocycles. The fraction of sp³-hybridized carbons (Fsp3) is 0.148. The van der Waals surface area contributed by atoms with Gasteiger partial charge in [0.2, 0.25) is 5.76 Å². The molecule has 43 heavy (non-hydrogen) atoms. The highest BCUT2D eigenvalue weighted by Gasteiger charge is 2.32. The molecule has 0 radical (unpaired) electrons. The Balaban J connectivity index is 1.40. The Hall–Kier alpha value is -5.51. The van der Waals surface area contributed by atoms with E-state index in [1.165, 1.54) is 49.8 Å². The van der Waals surface area contributed by atoms with E-state index in [4.69, 9.17) is 13.9 Å². The summed E-state index contributed by atoms with van der Waals surface area (Å²) in [5, 5.41) is 14.1. The number of furan rings is 1. The van der Waals surface area contributed by atoms with Crippen molar-refractivity contribution in [1.29, 1.82) is 0 Å². The molecule has 2 aromatic heterocycles. The Morgan fingerprint density at radius 3 is 2.47 bits per heavy atom. The number of hydrogen-bond donors (Lipinski definition) is 3. The molecule has 0 saturated heterocycles. The zero-order chi connectivity index (χ0) is 31.1. The van der Waals surface area contributed by atoms with E-state index < -0.39 is 40.1 Å². The van der Waals surface area contributed by atoms with Gasteiger partial charge in [-0.3, -0.25) is 30.6 Å². The van der Waals surface area contributed by atoms with Gasteiger partial charge in [-0.15, -0.1) is 0 Å². The summed E-state index contributed by atoms with van der Waals surface area (Å²) in [7, 11) is 1.33. The maximum atomic E-state index is 14.9. The van der Waals surface area contributed by atoms with Crippen LogP contribution in [0.15, 0.2) is 71.5 Å². The summed E-state index contributed by atoms with van der Waals surface area (Å²) >= 11 is 0. The van der Waals surface area contributed by atoms with Crippen molar-refractivity contribution in [2.45, 2.75) is 12.7 Å². The summed E-state index contributed by atoms with van der Waals surface area (Å²) < 4.78 is 67.9. The molecule has 0 spiro atoms. The van der Waals surface area contributed by atoms with Crippen LogP contribution in [-0.2, 0) is 17.5 Å². The molecule has 2 amide bonds. The van der Waals surface area contributed by atoms with Gasteiger partial charge in [-0.25, -0.2) is 9.37 Å². The van der Waals surface area contributed by atoms with Crippen molar-refractivity contribution >= 4 is 23.2 Å². The first-order valence-corrected chi connectivity index (χ1v) is 12.1. The molecule has 4 aromatic rings. The Labute approximate surface area is 239 Å². The third-order valence-electron chi connectivity index (χ3n) is 5.81. The number of pyridine rings is 1. The number of halogens is 4. The lowest BCUT2D eigenvalue weighted by molar-refractivity contribution is -0.386. The van der Waals surface area contributed by atoms with Crippen molar-refractivity contribution in [3.63, 3.8) is 0 Å². The predicted octanol–water partition coefficient (Wildman–Crippen LogP) is 5.08. The summed E-state index contributed by atoms with van der Waals surface area (Å²) in [4.78, 5) is 39.2. The van der Waals surface area contributed by atoms with Crippen LogP contribution in [0.5, 0.6) is 5.75 Å². The third-order valence-corrected chi connectivity index (χ3v) is 5.81. The van der Waals surface area contributed by atoms with Crippen LogP contribution < -0.4 is 20.9 Å². The number of anilines is 1. The number of ether oxygens (including phenoxy) is 2. The van der Waals surface area contributed by atoms with Crippen molar-refractivity contribution < 1.29 is 46.0 Å². The number of methoxy groups -OCH3 is 1. The van der Waals surface area contributed by atoms with E-state index in [9.17, 15) is 37.3 Å². The molecule has 2 heterocycles. The van der Waals surface area contributed by atoms with Crippen LogP contribution in [0.2, 0.25) is 0 Å². The number of alkyl halides is 3. The summed E-state index contributed by atoms with van der Waals surface area (Å²) in [5.74, 6) is -2.85. The molecule has 16 heteroatoms. The van der Waals surface area contributed by atoms with Gasteiger partial charge in [-0.05, 0) is 42.0 Å². The number of nitrogens with zero attached hydrogens (tertiary/aromatic N) is 2. The Kier molecular flexibility index (Phi) is 9.20. The number of nitro benzene ring substituents is 1. The normalized spacial score (nSPS) is 11.1. The second kappa shape index (κ2) is 13.0. The molecular weight excluding hydrogens is 582 g/mol. The van der Waals surface area contributed by atoms with Crippen LogP contribution in [0, 0.1) is 15.9 Å². The topological polar surface area (TPSA) is 158 Å². The second-order valence-corrected chi connectivity index (χ2v) is 8.65. The lowest BCUT2D eigenvalue weighted by Crippen LogP contribution is -2.41. The molecule has 224 valence electrons. The van der Waals surface area contributed by atoms with Gasteiger partial charge in [-0.2, -0.15) is 13.2 Å². The summed E-state index contributed by atoms with van der Waals surface area (Å²) in [6.45, 7) is -0.320. The van der Waals surface area contributed by atoms with E-state index in [-0.39, 0.29) is 52.8 Å². The fourth-order valence-electron chi connectivity index (χ4n) is 3.72. The minimum absolute atomic E-state index is 0.0679. The zero-order valence-electron chi connectivity index (χ0n) is 22.0. The van der Waals surface area contributed by atoms with Crippen molar-refractivity contribution in [2.24, 2.45) is 0 Å². The first kappa shape index (κ1) is 30.4. The fourth-order valence-corrected chi connectivity index (χ4v) is 3.72. The van der Waals surface area contributed by atoms with E-state index in [0.29, 0.717) is 0 Å². The smallest absolute Gasteiger partial charge is 0.433 e. The monoisotopic (exact) mass is 603 g/mol. The van der Waals surface area contributed by atoms with Gasteiger partial charge in [0.15, 0.2) is 12.5 Å². The minimum Gasteiger partial charge on any atom is -0.460 e. The van der Waals surface area contributed by atoms with E-state index >= 15 is 0 Å². The third kappa shape index (κ3) is 7.42. The SMILES string of the molecule is COCOc1ccc(C(=O)NNC(=O)c2occc2-c2ccc(CNc3ccc(C(F)(F)F)nc3)c(F)c2)cc1[N+](=O)[O-]. The molecule has 2 aromatic carbocycles. The average Bonchev–Trinajstić information content (AvgIpc) is 3.48. The standard InChI is InChI=1S/C27H21F4N5O7/c1-41-14-43-22-6-4-16(11-21(22)36(39)40)25(37)34-35-26(38)24-19(8-9-42-24)15-2-3-17(20(28)10-15)12-32-18-5-7-23(33-13-18)27(29,30)31/h2-11,13,32H,12,14H2,1H3,(H,34,37)(H,35,38). The number of benzene rings is 2. The van der Waals surface area contributed by atoms with E-state index in [1.807, 2.05) is 0 Å². The maximum absolute atomic E-state index is 14.9. The second-order valence-electron chi connectivity index (χ2n) is 8.65. The van der Waals surface area contributed by atoms with Crippen LogP contribution in [-0.4, -0.2) is 35.6 Å². The Morgan fingerprint density at radius 1 is 1.05 bits per heavy atom. The molecule has 0 bridgehead atoms. The number of nitrogens with one attached hydrogen (secondary N) is 3. The van der Waals surface area contributed by atoms with Crippen LogP contribution >= 0.6 is 0 Å². The molecule has 4 rings (SSSR count). The number of nitro groups is 1. The van der Waals surface area contributed by atoms with Crippen LogP contribution in [0.25, 0.3) is 11.1 Å². The van der Waals surface area contributed by atoms with Gasteiger partial charge in [0, 0.05) is 36.4 Å². The van der Waals surface area contributed by atoms with Gasteiger partial charge in [0.1, 0.15) is 11.5 Å². The molecule has 0 aliphatic rings. The average molecular weight is 603 g/mol. The highest BCUT2D eigenvalue weighted by molar-refractivity contribution is 6.01. The summed E-state index contributed by atoms with van der Waals surface area (Å²) in [6.07, 6.45) is -2.42. The van der Waals surface area contributed by atoms with E-state index in [1.54, 1.807) is 0 Å². The molecule has 0 aliphatic carbocycles. The number of amides is 2. The van der Waals surface area contributed by atoms with Gasteiger partial charge >= 0.3 is 17.8 Å². The molecular formula is C27H21F4N5O7. The Morgan fingerprint density at radius 2 is 1.81 bits per heavy atom. The highest BCUT2D eigenvalue weighted by Crippen LogP contribution is 2.30. The van der Waals surface area contributed by atoms with Gasteiger partial charge < -0.3 is 19.2 Å². The van der Waals surface area contributed by atoms with Crippen LogP contribution in [0.4, 0.5) is 28.9 Å². The first-order valence-electron chi connectivity index (χ1n) is 12.1. The van der Waals surface area contributed by atoms with Gasteiger partial charge in [0.25, 0.3) is 5.91 Å². The van der Waals surface area contributed by atoms with Crippen molar-refractivity contribution in [3.8, 4) is 16.9 Å². The van der Waals surface area contributed by atoms with Crippen molar-refractivity contribution in [3.05, 3.63) is 106 Å². The van der Waals surface area contributed by atoms with E-state index in [0.717, 1.165) is 24.4 Å². The lowest BCUT2D eigenvalue weighted by Gasteiger charge is -2.11. The van der Waals surface area contributed by atoms with Crippen LogP contribution in [0.3, 0.4) is 0 Å². The molecule has 3 N–H and O–H groups in total. The number of hydrogen-bond acceptors (Lipinski definition) is 9.